The fourth-order valence-electron chi connectivity index (χ4n) is 1.85. The summed E-state index contributed by atoms with van der Waals surface area (Å²) in [5.41, 5.74) is 0. The van der Waals surface area contributed by atoms with Gasteiger partial charge in [-0.05, 0) is 25.9 Å². The van der Waals surface area contributed by atoms with E-state index in [1.807, 2.05) is 0 Å². The van der Waals surface area contributed by atoms with Gasteiger partial charge in [-0.2, -0.15) is 0 Å². The quantitative estimate of drug-likeness (QED) is 0.568. The first-order valence-corrected chi connectivity index (χ1v) is 5.89. The minimum Gasteiger partial charge on any atom is -0.336 e. The number of rotatable bonds is 4. The molecule has 0 aromatic heterocycles. The molecule has 1 fully saturated rings. The topological polar surface area (TPSA) is 47.9 Å². The van der Waals surface area contributed by atoms with Crippen LogP contribution in [-0.2, 0) is 0 Å². The zero-order valence-electron chi connectivity index (χ0n) is 10.3. The molecule has 2 amide bonds. The molecule has 92 valence electrons. The summed E-state index contributed by atoms with van der Waals surface area (Å²) in [5, 5.41) is 2.87. The second-order valence-corrected chi connectivity index (χ2v) is 4.12. The fraction of sp³-hybridized carbons (Fsp3) is 0.818. The minimum absolute atomic E-state index is 0.0948. The normalized spacial score (nSPS) is 17.6. The van der Waals surface area contributed by atoms with E-state index in [1.54, 1.807) is 14.1 Å². The molecule has 0 aromatic carbocycles. The molecule has 0 unspecified atom stereocenters. The van der Waals surface area contributed by atoms with E-state index in [4.69, 9.17) is 0 Å². The Morgan fingerprint density at radius 2 is 2.12 bits per heavy atom. The Kier molecular flexibility index (Phi) is 5.85. The third-order valence-corrected chi connectivity index (χ3v) is 2.76. The molecule has 1 heterocycles. The van der Waals surface area contributed by atoms with Crippen LogP contribution in [0.5, 0.6) is 0 Å². The number of urea groups is 1. The standard InChI is InChI=1S/C11H22N4O/c1-12-10-14(2)11(16)13-6-9-15-7-4-3-5-8-15/h10H,3-9H2,1-2H3,(H,13,16). The van der Waals surface area contributed by atoms with Crippen molar-refractivity contribution in [3.05, 3.63) is 0 Å². The van der Waals surface area contributed by atoms with Crippen LogP contribution in [0.25, 0.3) is 0 Å². The lowest BCUT2D eigenvalue weighted by Crippen LogP contribution is -2.42. The van der Waals surface area contributed by atoms with Crippen LogP contribution < -0.4 is 5.32 Å². The van der Waals surface area contributed by atoms with Gasteiger partial charge >= 0.3 is 6.03 Å². The highest BCUT2D eigenvalue weighted by Gasteiger charge is 2.10. The van der Waals surface area contributed by atoms with E-state index in [1.165, 1.54) is 43.6 Å². The van der Waals surface area contributed by atoms with Gasteiger partial charge in [0.25, 0.3) is 0 Å². The average molecular weight is 226 g/mol. The molecule has 0 radical (unpaired) electrons. The molecule has 0 saturated carbocycles. The number of carbonyl (C=O) groups excluding carboxylic acids is 1. The Labute approximate surface area is 97.5 Å². The van der Waals surface area contributed by atoms with E-state index >= 15 is 0 Å². The van der Waals surface area contributed by atoms with Crippen LogP contribution >= 0.6 is 0 Å². The highest BCUT2D eigenvalue weighted by Crippen LogP contribution is 2.07. The third-order valence-electron chi connectivity index (χ3n) is 2.76. The number of piperidine rings is 1. The van der Waals surface area contributed by atoms with Gasteiger partial charge in [-0.15, -0.1) is 0 Å². The van der Waals surface area contributed by atoms with E-state index in [9.17, 15) is 4.79 Å². The predicted octanol–water partition coefficient (Wildman–Crippen LogP) is 0.772. The Morgan fingerprint density at radius 3 is 2.75 bits per heavy atom. The van der Waals surface area contributed by atoms with Crippen molar-refractivity contribution in [1.82, 2.24) is 15.1 Å². The molecule has 0 aliphatic carbocycles. The maximum absolute atomic E-state index is 11.5. The Balaban J connectivity index is 2.11. The first-order chi connectivity index (χ1) is 7.74. The van der Waals surface area contributed by atoms with E-state index in [2.05, 4.69) is 15.2 Å². The second kappa shape index (κ2) is 7.22. The number of hydrogen-bond acceptors (Lipinski definition) is 3. The first kappa shape index (κ1) is 13.0. The molecule has 0 bridgehead atoms. The molecular weight excluding hydrogens is 204 g/mol. The summed E-state index contributed by atoms with van der Waals surface area (Å²) < 4.78 is 0. The molecule has 1 aliphatic rings. The van der Waals surface area contributed by atoms with Gasteiger partial charge < -0.3 is 10.2 Å². The van der Waals surface area contributed by atoms with Crippen molar-refractivity contribution in [2.24, 2.45) is 4.99 Å². The number of nitrogens with one attached hydrogen (secondary N) is 1. The number of likely N-dealkylation sites (tertiary alicyclic amines) is 1. The lowest BCUT2D eigenvalue weighted by atomic mass is 10.1. The summed E-state index contributed by atoms with van der Waals surface area (Å²) in [6.45, 7) is 3.99. The molecule has 0 aromatic rings. The predicted molar refractivity (Wildman–Crippen MR) is 65.9 cm³/mol. The highest BCUT2D eigenvalue weighted by atomic mass is 16.2. The van der Waals surface area contributed by atoms with Gasteiger partial charge in [0.1, 0.15) is 0 Å². The molecule has 1 rings (SSSR count). The zero-order chi connectivity index (χ0) is 11.8. The molecule has 16 heavy (non-hydrogen) atoms. The maximum Gasteiger partial charge on any atom is 0.322 e. The van der Waals surface area contributed by atoms with Crippen LogP contribution in [0, 0.1) is 0 Å². The maximum atomic E-state index is 11.5. The lowest BCUT2D eigenvalue weighted by Gasteiger charge is -2.26. The number of amides is 2. The first-order valence-electron chi connectivity index (χ1n) is 5.89. The SMILES string of the molecule is CN=CN(C)C(=O)NCCN1CCCCC1. The van der Waals surface area contributed by atoms with E-state index in [0.717, 1.165) is 6.54 Å². The smallest absolute Gasteiger partial charge is 0.322 e. The summed E-state index contributed by atoms with van der Waals surface area (Å²) in [4.78, 5) is 19.1. The summed E-state index contributed by atoms with van der Waals surface area (Å²) in [7, 11) is 3.35. The van der Waals surface area contributed by atoms with Crippen molar-refractivity contribution in [3.63, 3.8) is 0 Å². The van der Waals surface area contributed by atoms with Gasteiger partial charge in [-0.1, -0.05) is 6.42 Å². The van der Waals surface area contributed by atoms with Crippen molar-refractivity contribution in [2.75, 3.05) is 40.3 Å². The van der Waals surface area contributed by atoms with Crippen LogP contribution in [0.1, 0.15) is 19.3 Å². The number of hydrogen-bond donors (Lipinski definition) is 1. The molecule has 0 atom stereocenters. The molecule has 1 saturated heterocycles. The van der Waals surface area contributed by atoms with Gasteiger partial charge in [-0.25, -0.2) is 4.79 Å². The monoisotopic (exact) mass is 226 g/mol. The lowest BCUT2D eigenvalue weighted by molar-refractivity contribution is 0.213. The van der Waals surface area contributed by atoms with Crippen LogP contribution in [0.4, 0.5) is 4.79 Å². The Bertz CT molecular complexity index is 236. The van der Waals surface area contributed by atoms with Gasteiger partial charge in [-0.3, -0.25) is 9.89 Å². The number of carbonyl (C=O) groups is 1. The van der Waals surface area contributed by atoms with Crippen LogP contribution in [0.3, 0.4) is 0 Å². The zero-order valence-corrected chi connectivity index (χ0v) is 10.3. The molecule has 0 spiro atoms. The summed E-state index contributed by atoms with van der Waals surface area (Å²) in [6.07, 6.45) is 5.43. The summed E-state index contributed by atoms with van der Waals surface area (Å²) in [6, 6.07) is -0.0948. The highest BCUT2D eigenvalue weighted by molar-refractivity contribution is 5.85. The average Bonchev–Trinajstić information content (AvgIpc) is 2.30. The van der Waals surface area contributed by atoms with E-state index < -0.39 is 0 Å². The largest absolute Gasteiger partial charge is 0.336 e. The molecule has 5 heteroatoms. The van der Waals surface area contributed by atoms with Gasteiger partial charge in [0.05, 0.1) is 6.34 Å². The van der Waals surface area contributed by atoms with E-state index in [-0.39, 0.29) is 6.03 Å². The Hall–Kier alpha value is -1.10. The van der Waals surface area contributed by atoms with Gasteiger partial charge in [0.2, 0.25) is 0 Å². The van der Waals surface area contributed by atoms with Crippen LogP contribution in [-0.4, -0.2) is 62.4 Å². The van der Waals surface area contributed by atoms with Crippen LogP contribution in [0.2, 0.25) is 0 Å². The fourth-order valence-corrected chi connectivity index (χ4v) is 1.85. The van der Waals surface area contributed by atoms with Crippen molar-refractivity contribution in [2.45, 2.75) is 19.3 Å². The van der Waals surface area contributed by atoms with Crippen LogP contribution in [0.15, 0.2) is 4.99 Å². The van der Waals surface area contributed by atoms with Crippen molar-refractivity contribution >= 4 is 12.4 Å². The summed E-state index contributed by atoms with van der Waals surface area (Å²) >= 11 is 0. The molecule has 5 nitrogen and oxygen atoms in total. The van der Waals surface area contributed by atoms with Crippen molar-refractivity contribution in [3.8, 4) is 0 Å². The van der Waals surface area contributed by atoms with Crippen molar-refractivity contribution in [1.29, 1.82) is 0 Å². The number of nitrogens with zero attached hydrogens (tertiary/aromatic N) is 3. The third kappa shape index (κ3) is 4.61. The molecule has 1 aliphatic heterocycles. The van der Waals surface area contributed by atoms with Gasteiger partial charge in [0.15, 0.2) is 0 Å². The minimum atomic E-state index is -0.0948. The Morgan fingerprint density at radius 1 is 1.44 bits per heavy atom. The van der Waals surface area contributed by atoms with Crippen molar-refractivity contribution < 1.29 is 4.79 Å². The molecule has 1 N–H and O–H groups in total. The molecular formula is C11H22N4O. The number of aliphatic imine (C=N–C) groups is 1. The van der Waals surface area contributed by atoms with Gasteiger partial charge in [0, 0.05) is 27.2 Å². The summed E-state index contributed by atoms with van der Waals surface area (Å²) in [5.74, 6) is 0. The van der Waals surface area contributed by atoms with E-state index in [0.29, 0.717) is 6.54 Å². The second-order valence-electron chi connectivity index (χ2n) is 4.12.